The van der Waals surface area contributed by atoms with Crippen molar-refractivity contribution in [1.82, 2.24) is 9.55 Å². The Labute approximate surface area is 135 Å². The highest BCUT2D eigenvalue weighted by Crippen LogP contribution is 2.36. The molecule has 0 saturated carbocycles. The molecular weight excluding hydrogens is 356 g/mol. The Morgan fingerprint density at radius 1 is 1.08 bits per heavy atom. The van der Waals surface area contributed by atoms with E-state index < -0.39 is 45.8 Å². The molecule has 2 aromatic carbocycles. The second kappa shape index (κ2) is 5.17. The van der Waals surface area contributed by atoms with Crippen LogP contribution in [0.2, 0.25) is 5.02 Å². The fraction of sp³-hybridized carbons (Fsp3) is 0.0714. The SMILES string of the molecule is O=c1[nH]c2cc(C(F)(F)F)cc(F)c2n1-c1cc(Cl)c(O)cc1O. The van der Waals surface area contributed by atoms with Gasteiger partial charge in [-0.3, -0.25) is 4.57 Å². The van der Waals surface area contributed by atoms with Crippen LogP contribution in [0.3, 0.4) is 0 Å². The molecule has 10 heteroatoms. The maximum Gasteiger partial charge on any atom is 0.416 e. The Morgan fingerprint density at radius 2 is 1.75 bits per heavy atom. The molecule has 0 amide bonds. The molecule has 0 aliphatic rings. The number of halogens is 5. The Hall–Kier alpha value is -2.68. The highest BCUT2D eigenvalue weighted by Gasteiger charge is 2.32. The predicted octanol–water partition coefficient (Wildman–Crippen LogP) is 3.54. The number of rotatable bonds is 1. The molecule has 1 aromatic heterocycles. The van der Waals surface area contributed by atoms with Gasteiger partial charge in [-0.25, -0.2) is 9.18 Å². The summed E-state index contributed by atoms with van der Waals surface area (Å²) < 4.78 is 53.0. The van der Waals surface area contributed by atoms with Gasteiger partial charge in [-0.05, 0) is 18.2 Å². The second-order valence-electron chi connectivity index (χ2n) is 4.91. The van der Waals surface area contributed by atoms with Crippen molar-refractivity contribution in [2.75, 3.05) is 0 Å². The topological polar surface area (TPSA) is 78.2 Å². The predicted molar refractivity (Wildman–Crippen MR) is 77.2 cm³/mol. The van der Waals surface area contributed by atoms with E-state index in [4.69, 9.17) is 11.6 Å². The third-order valence-corrected chi connectivity index (χ3v) is 3.65. The van der Waals surface area contributed by atoms with Crippen molar-refractivity contribution in [1.29, 1.82) is 0 Å². The van der Waals surface area contributed by atoms with E-state index in [0.29, 0.717) is 10.6 Å². The number of hydrogen-bond acceptors (Lipinski definition) is 3. The standard InChI is InChI=1S/C14H7ClF4N2O3/c15-6-3-9(11(23)4-10(6)22)21-12-7(16)1-5(14(17,18)19)2-8(12)20-13(21)24/h1-4,22-23H,(H,20,24). The summed E-state index contributed by atoms with van der Waals surface area (Å²) in [6.45, 7) is 0. The van der Waals surface area contributed by atoms with Crippen molar-refractivity contribution in [3.8, 4) is 17.2 Å². The van der Waals surface area contributed by atoms with Gasteiger partial charge in [0.1, 0.15) is 22.8 Å². The third-order valence-electron chi connectivity index (χ3n) is 3.34. The molecule has 5 nitrogen and oxygen atoms in total. The first-order valence-electron chi connectivity index (χ1n) is 6.33. The maximum absolute atomic E-state index is 14.2. The van der Waals surface area contributed by atoms with Crippen molar-refractivity contribution in [2.24, 2.45) is 0 Å². The lowest BCUT2D eigenvalue weighted by Gasteiger charge is -2.10. The maximum atomic E-state index is 14.2. The molecule has 1 heterocycles. The summed E-state index contributed by atoms with van der Waals surface area (Å²) in [5.41, 5.74) is -3.46. The minimum atomic E-state index is -4.79. The summed E-state index contributed by atoms with van der Waals surface area (Å²) >= 11 is 5.70. The summed E-state index contributed by atoms with van der Waals surface area (Å²) in [6.07, 6.45) is -4.79. The number of hydrogen-bond donors (Lipinski definition) is 3. The van der Waals surface area contributed by atoms with Crippen LogP contribution in [0.15, 0.2) is 29.1 Å². The number of aromatic nitrogens is 2. The molecule has 24 heavy (non-hydrogen) atoms. The van der Waals surface area contributed by atoms with Crippen molar-refractivity contribution in [3.05, 3.63) is 51.2 Å². The van der Waals surface area contributed by atoms with Gasteiger partial charge in [0, 0.05) is 6.07 Å². The first-order valence-corrected chi connectivity index (χ1v) is 6.70. The van der Waals surface area contributed by atoms with Crippen LogP contribution in [-0.2, 0) is 6.18 Å². The van der Waals surface area contributed by atoms with E-state index in [1.165, 1.54) is 0 Å². The highest BCUT2D eigenvalue weighted by molar-refractivity contribution is 6.32. The molecule has 0 radical (unpaired) electrons. The van der Waals surface area contributed by atoms with Crippen LogP contribution < -0.4 is 5.69 Å². The number of H-pyrrole nitrogens is 1. The molecule has 0 unspecified atom stereocenters. The molecule has 3 aromatic rings. The van der Waals surface area contributed by atoms with Crippen molar-refractivity contribution in [2.45, 2.75) is 6.18 Å². The van der Waals surface area contributed by atoms with Crippen molar-refractivity contribution < 1.29 is 27.8 Å². The average molecular weight is 363 g/mol. The van der Waals surface area contributed by atoms with E-state index >= 15 is 0 Å². The van der Waals surface area contributed by atoms with Crippen LogP contribution in [0.4, 0.5) is 17.6 Å². The van der Waals surface area contributed by atoms with Gasteiger partial charge in [-0.2, -0.15) is 13.2 Å². The molecule has 0 fully saturated rings. The molecule has 3 N–H and O–H groups in total. The first kappa shape index (κ1) is 16.2. The number of alkyl halides is 3. The number of fused-ring (bicyclic) bond motifs is 1. The zero-order valence-electron chi connectivity index (χ0n) is 11.4. The van der Waals surface area contributed by atoms with Gasteiger partial charge in [0.15, 0.2) is 0 Å². The molecule has 0 saturated heterocycles. The largest absolute Gasteiger partial charge is 0.506 e. The van der Waals surface area contributed by atoms with E-state index in [1.54, 1.807) is 0 Å². The van der Waals surface area contributed by atoms with Gasteiger partial charge < -0.3 is 15.2 Å². The summed E-state index contributed by atoms with van der Waals surface area (Å²) in [7, 11) is 0. The number of phenolic OH excluding ortho intramolecular Hbond substituents is 2. The lowest BCUT2D eigenvalue weighted by atomic mass is 10.1. The van der Waals surface area contributed by atoms with E-state index in [0.717, 1.165) is 12.1 Å². The molecule has 126 valence electrons. The van der Waals surface area contributed by atoms with Gasteiger partial charge in [-0.1, -0.05) is 11.6 Å². The molecule has 0 aliphatic carbocycles. The van der Waals surface area contributed by atoms with Crippen molar-refractivity contribution >= 4 is 22.6 Å². The Bertz CT molecular complexity index is 1020. The number of phenols is 2. The first-order chi connectivity index (χ1) is 11.1. The van der Waals surface area contributed by atoms with Crippen LogP contribution in [0.1, 0.15) is 5.56 Å². The summed E-state index contributed by atoms with van der Waals surface area (Å²) in [5, 5.41) is 19.0. The lowest BCUT2D eigenvalue weighted by Crippen LogP contribution is -2.15. The molecule has 3 rings (SSSR count). The average Bonchev–Trinajstić information content (AvgIpc) is 2.78. The Kier molecular flexibility index (Phi) is 3.48. The number of imidazole rings is 1. The summed E-state index contributed by atoms with van der Waals surface area (Å²) in [4.78, 5) is 14.1. The van der Waals surface area contributed by atoms with Gasteiger partial charge in [0.05, 0.1) is 21.8 Å². The summed E-state index contributed by atoms with van der Waals surface area (Å²) in [6, 6.07) is 2.63. The zero-order chi connectivity index (χ0) is 17.8. The van der Waals surface area contributed by atoms with Gasteiger partial charge in [0.25, 0.3) is 0 Å². The minimum absolute atomic E-state index is 0.239. The fourth-order valence-electron chi connectivity index (χ4n) is 2.31. The zero-order valence-corrected chi connectivity index (χ0v) is 12.2. The Balaban J connectivity index is 2.37. The fourth-order valence-corrected chi connectivity index (χ4v) is 2.47. The number of benzene rings is 2. The Morgan fingerprint density at radius 3 is 2.38 bits per heavy atom. The molecule has 0 atom stereocenters. The van der Waals surface area contributed by atoms with Crippen LogP contribution in [0.5, 0.6) is 11.5 Å². The normalized spacial score (nSPS) is 12.0. The molecule has 0 aliphatic heterocycles. The van der Waals surface area contributed by atoms with Crippen molar-refractivity contribution in [3.63, 3.8) is 0 Å². The number of aromatic amines is 1. The highest BCUT2D eigenvalue weighted by atomic mass is 35.5. The van der Waals surface area contributed by atoms with Crippen LogP contribution >= 0.6 is 11.6 Å². The van der Waals surface area contributed by atoms with Crippen LogP contribution in [0.25, 0.3) is 16.7 Å². The van der Waals surface area contributed by atoms with Gasteiger partial charge >= 0.3 is 11.9 Å². The van der Waals surface area contributed by atoms with E-state index in [9.17, 15) is 32.6 Å². The van der Waals surface area contributed by atoms with Gasteiger partial charge in [0.2, 0.25) is 0 Å². The van der Waals surface area contributed by atoms with E-state index in [2.05, 4.69) is 4.98 Å². The quantitative estimate of drug-likeness (QED) is 0.579. The molecule has 0 spiro atoms. The van der Waals surface area contributed by atoms with Crippen LogP contribution in [-0.4, -0.2) is 19.8 Å². The van der Waals surface area contributed by atoms with Crippen LogP contribution in [0, 0.1) is 5.82 Å². The number of nitrogens with zero attached hydrogens (tertiary/aromatic N) is 1. The molecular formula is C14H7ClF4N2O3. The van der Waals surface area contributed by atoms with E-state index in [-0.39, 0.29) is 16.8 Å². The lowest BCUT2D eigenvalue weighted by molar-refractivity contribution is -0.137. The summed E-state index contributed by atoms with van der Waals surface area (Å²) in [5.74, 6) is -2.41. The number of aromatic hydroxyl groups is 2. The van der Waals surface area contributed by atoms with E-state index in [1.807, 2.05) is 0 Å². The number of nitrogens with one attached hydrogen (secondary N) is 1. The third kappa shape index (κ3) is 2.46. The second-order valence-corrected chi connectivity index (χ2v) is 5.32. The minimum Gasteiger partial charge on any atom is -0.506 e. The monoisotopic (exact) mass is 362 g/mol. The van der Waals surface area contributed by atoms with Gasteiger partial charge in [-0.15, -0.1) is 0 Å². The smallest absolute Gasteiger partial charge is 0.416 e. The molecule has 0 bridgehead atoms.